The zero-order chi connectivity index (χ0) is 14.2. The summed E-state index contributed by atoms with van der Waals surface area (Å²) in [6.07, 6.45) is 1.43. The van der Waals surface area contributed by atoms with Gasteiger partial charge in [-0.25, -0.2) is 8.78 Å². The lowest BCUT2D eigenvalue weighted by Crippen LogP contribution is -2.17. The van der Waals surface area contributed by atoms with Crippen LogP contribution in [0.1, 0.15) is 16.1 Å². The highest BCUT2D eigenvalue weighted by atomic mass is 19.1. The van der Waals surface area contributed by atoms with Crippen LogP contribution in [0.15, 0.2) is 18.3 Å². The van der Waals surface area contributed by atoms with Crippen molar-refractivity contribution in [2.75, 3.05) is 11.1 Å². The molecule has 0 bridgehead atoms. The molecule has 19 heavy (non-hydrogen) atoms. The van der Waals surface area contributed by atoms with E-state index in [1.54, 1.807) is 7.05 Å². The van der Waals surface area contributed by atoms with Crippen molar-refractivity contribution in [1.29, 1.82) is 0 Å². The van der Waals surface area contributed by atoms with E-state index in [1.165, 1.54) is 23.9 Å². The fourth-order valence-corrected chi connectivity index (χ4v) is 1.63. The van der Waals surface area contributed by atoms with Crippen molar-refractivity contribution in [1.82, 2.24) is 9.78 Å². The van der Waals surface area contributed by atoms with E-state index in [0.717, 1.165) is 6.07 Å². The molecule has 1 aromatic heterocycles. The number of hydrogen-bond acceptors (Lipinski definition) is 3. The average molecular weight is 266 g/mol. The first-order valence-corrected chi connectivity index (χ1v) is 5.45. The minimum absolute atomic E-state index is 0.0807. The number of carbonyl (C=O) groups is 1. The van der Waals surface area contributed by atoms with Crippen molar-refractivity contribution in [2.45, 2.75) is 6.92 Å². The minimum Gasteiger partial charge on any atom is -0.396 e. The van der Waals surface area contributed by atoms with Gasteiger partial charge in [0.2, 0.25) is 0 Å². The number of nitrogens with two attached hydrogens (primary N) is 1. The van der Waals surface area contributed by atoms with Crippen LogP contribution in [0.3, 0.4) is 0 Å². The average Bonchev–Trinajstić information content (AvgIpc) is 2.69. The molecule has 5 nitrogen and oxygen atoms in total. The number of carbonyl (C=O) groups excluding carboxylic acids is 1. The summed E-state index contributed by atoms with van der Waals surface area (Å²) in [6, 6.07) is 2.37. The summed E-state index contributed by atoms with van der Waals surface area (Å²) < 4.78 is 28.6. The Balaban J connectivity index is 2.34. The summed E-state index contributed by atoms with van der Waals surface area (Å²) in [5.41, 5.74) is 5.35. The summed E-state index contributed by atoms with van der Waals surface area (Å²) in [6.45, 7) is 1.47. The smallest absolute Gasteiger partial charge is 0.278 e. The molecular formula is C12H12F2N4O. The predicted molar refractivity (Wildman–Crippen MR) is 66.7 cm³/mol. The van der Waals surface area contributed by atoms with E-state index in [-0.39, 0.29) is 16.9 Å². The van der Waals surface area contributed by atoms with Gasteiger partial charge in [-0.3, -0.25) is 9.48 Å². The largest absolute Gasteiger partial charge is 0.396 e. The lowest BCUT2D eigenvalue weighted by atomic mass is 10.2. The Kier molecular flexibility index (Phi) is 3.20. The van der Waals surface area contributed by atoms with Gasteiger partial charge in [-0.1, -0.05) is 6.07 Å². The molecule has 0 fully saturated rings. The summed E-state index contributed by atoms with van der Waals surface area (Å²) in [7, 11) is 1.58. The maximum absolute atomic E-state index is 13.7. The number of aryl methyl sites for hydroxylation is 2. The van der Waals surface area contributed by atoms with Gasteiger partial charge in [-0.05, 0) is 18.6 Å². The van der Waals surface area contributed by atoms with E-state index < -0.39 is 23.2 Å². The number of hydrogen-bond donors (Lipinski definition) is 2. The fourth-order valence-electron chi connectivity index (χ4n) is 1.63. The van der Waals surface area contributed by atoms with E-state index in [9.17, 15) is 13.6 Å². The van der Waals surface area contributed by atoms with E-state index >= 15 is 0 Å². The number of aromatic nitrogens is 2. The van der Waals surface area contributed by atoms with Crippen LogP contribution in [-0.2, 0) is 7.05 Å². The normalized spacial score (nSPS) is 10.5. The van der Waals surface area contributed by atoms with Crippen molar-refractivity contribution in [2.24, 2.45) is 7.05 Å². The summed E-state index contributed by atoms with van der Waals surface area (Å²) in [4.78, 5) is 11.9. The lowest BCUT2D eigenvalue weighted by Gasteiger charge is -2.08. The van der Waals surface area contributed by atoms with Gasteiger partial charge in [0.05, 0.1) is 5.69 Å². The predicted octanol–water partition coefficient (Wildman–Crippen LogP) is 1.84. The molecule has 1 aromatic carbocycles. The van der Waals surface area contributed by atoms with Gasteiger partial charge in [0.1, 0.15) is 11.5 Å². The van der Waals surface area contributed by atoms with Crippen LogP contribution in [0.2, 0.25) is 0 Å². The van der Waals surface area contributed by atoms with E-state index in [4.69, 9.17) is 5.73 Å². The quantitative estimate of drug-likeness (QED) is 0.871. The number of nitrogens with zero attached hydrogens (tertiary/aromatic N) is 2. The molecule has 1 heterocycles. The van der Waals surface area contributed by atoms with Crippen LogP contribution in [0.4, 0.5) is 20.2 Å². The zero-order valence-corrected chi connectivity index (χ0v) is 10.4. The van der Waals surface area contributed by atoms with Crippen LogP contribution < -0.4 is 11.1 Å². The first-order valence-electron chi connectivity index (χ1n) is 5.45. The highest BCUT2D eigenvalue weighted by Crippen LogP contribution is 2.22. The topological polar surface area (TPSA) is 72.9 Å². The highest BCUT2D eigenvalue weighted by molar-refractivity contribution is 6.06. The minimum atomic E-state index is -0.856. The van der Waals surface area contributed by atoms with E-state index in [2.05, 4.69) is 10.4 Å². The Morgan fingerprint density at radius 2 is 2.11 bits per heavy atom. The van der Waals surface area contributed by atoms with Gasteiger partial charge in [0.15, 0.2) is 11.5 Å². The molecule has 0 saturated carbocycles. The third kappa shape index (κ3) is 2.40. The maximum atomic E-state index is 13.7. The summed E-state index contributed by atoms with van der Waals surface area (Å²) >= 11 is 0. The molecular weight excluding hydrogens is 254 g/mol. The molecule has 0 saturated heterocycles. The number of nitrogens with one attached hydrogen (secondary N) is 1. The Bertz CT molecular complexity index is 651. The standard InChI is InChI=1S/C12H12F2N4O/c1-6-3-4-7(13)10(9(6)14)16-12(19)11-8(15)5-18(2)17-11/h3-5H,15H2,1-2H3,(H,16,19). The van der Waals surface area contributed by atoms with Gasteiger partial charge < -0.3 is 11.1 Å². The highest BCUT2D eigenvalue weighted by Gasteiger charge is 2.19. The van der Waals surface area contributed by atoms with Crippen molar-refractivity contribution < 1.29 is 13.6 Å². The van der Waals surface area contributed by atoms with Crippen LogP contribution in [-0.4, -0.2) is 15.7 Å². The molecule has 100 valence electrons. The fraction of sp³-hybridized carbons (Fsp3) is 0.167. The van der Waals surface area contributed by atoms with E-state index in [0.29, 0.717) is 0 Å². The molecule has 0 radical (unpaired) electrons. The Morgan fingerprint density at radius 3 is 2.68 bits per heavy atom. The summed E-state index contributed by atoms with van der Waals surface area (Å²) in [5.74, 6) is -2.43. The Hall–Kier alpha value is -2.44. The molecule has 3 N–H and O–H groups in total. The number of benzene rings is 1. The lowest BCUT2D eigenvalue weighted by molar-refractivity contribution is 0.102. The van der Waals surface area contributed by atoms with Crippen molar-refractivity contribution in [3.05, 3.63) is 41.2 Å². The van der Waals surface area contributed by atoms with Crippen LogP contribution in [0.25, 0.3) is 0 Å². The molecule has 0 aliphatic rings. The molecule has 1 amide bonds. The van der Waals surface area contributed by atoms with Gasteiger partial charge in [-0.2, -0.15) is 5.10 Å². The van der Waals surface area contributed by atoms with Crippen LogP contribution in [0, 0.1) is 18.6 Å². The van der Waals surface area contributed by atoms with Gasteiger partial charge in [0.25, 0.3) is 5.91 Å². The molecule has 0 unspecified atom stereocenters. The third-order valence-electron chi connectivity index (χ3n) is 2.59. The number of halogens is 2. The maximum Gasteiger partial charge on any atom is 0.278 e. The van der Waals surface area contributed by atoms with Crippen molar-refractivity contribution in [3.8, 4) is 0 Å². The first-order chi connectivity index (χ1) is 8.90. The molecule has 7 heteroatoms. The molecule has 0 spiro atoms. The number of nitrogen functional groups attached to an aromatic ring is 1. The molecule has 0 atom stereocenters. The zero-order valence-electron chi connectivity index (χ0n) is 10.4. The second-order valence-electron chi connectivity index (χ2n) is 4.11. The van der Waals surface area contributed by atoms with Crippen molar-refractivity contribution >= 4 is 17.3 Å². The number of anilines is 2. The molecule has 2 rings (SSSR count). The van der Waals surface area contributed by atoms with Crippen LogP contribution >= 0.6 is 0 Å². The molecule has 2 aromatic rings. The SMILES string of the molecule is Cc1ccc(F)c(NC(=O)c2nn(C)cc2N)c1F. The Morgan fingerprint density at radius 1 is 1.42 bits per heavy atom. The number of amides is 1. The molecule has 0 aliphatic carbocycles. The van der Waals surface area contributed by atoms with Gasteiger partial charge >= 0.3 is 0 Å². The third-order valence-corrected chi connectivity index (χ3v) is 2.59. The second kappa shape index (κ2) is 4.68. The van der Waals surface area contributed by atoms with Gasteiger partial charge in [-0.15, -0.1) is 0 Å². The van der Waals surface area contributed by atoms with Gasteiger partial charge in [0, 0.05) is 13.2 Å². The number of rotatable bonds is 2. The monoisotopic (exact) mass is 266 g/mol. The molecule has 0 aliphatic heterocycles. The first kappa shape index (κ1) is 13.0. The van der Waals surface area contributed by atoms with Crippen LogP contribution in [0.5, 0.6) is 0 Å². The Labute approximate surface area is 108 Å². The van der Waals surface area contributed by atoms with Crippen molar-refractivity contribution in [3.63, 3.8) is 0 Å². The second-order valence-corrected chi connectivity index (χ2v) is 4.11. The summed E-state index contributed by atoms with van der Waals surface area (Å²) in [5, 5.41) is 5.97. The van der Waals surface area contributed by atoms with E-state index in [1.807, 2.05) is 0 Å².